The third-order valence-corrected chi connectivity index (χ3v) is 4.43. The highest BCUT2D eigenvalue weighted by atomic mass is 16.3. The minimum absolute atomic E-state index is 0.344. The molecule has 0 aliphatic heterocycles. The number of phenolic OH excluding ortho intramolecular Hbond substituents is 1. The van der Waals surface area contributed by atoms with Crippen LogP contribution in [0.4, 0.5) is 0 Å². The van der Waals surface area contributed by atoms with Crippen LogP contribution >= 0.6 is 0 Å². The van der Waals surface area contributed by atoms with E-state index in [4.69, 9.17) is 5.73 Å². The predicted octanol–water partition coefficient (Wildman–Crippen LogP) is 3.05. The zero-order valence-corrected chi connectivity index (χ0v) is 12.0. The molecule has 1 saturated carbocycles. The van der Waals surface area contributed by atoms with E-state index in [1.54, 1.807) is 6.07 Å². The summed E-state index contributed by atoms with van der Waals surface area (Å²) in [7, 11) is 0. The highest BCUT2D eigenvalue weighted by Crippen LogP contribution is 2.30. The number of hydrogen-bond acceptors (Lipinski definition) is 3. The molecule has 3 nitrogen and oxygen atoms in total. The molecule has 1 aromatic carbocycles. The summed E-state index contributed by atoms with van der Waals surface area (Å²) >= 11 is 0. The normalized spacial score (nSPS) is 25.5. The molecule has 3 heteroatoms. The van der Waals surface area contributed by atoms with Gasteiger partial charge < -0.3 is 10.8 Å². The molecule has 1 atom stereocenters. The molecule has 1 aromatic rings. The van der Waals surface area contributed by atoms with Gasteiger partial charge >= 0.3 is 0 Å². The summed E-state index contributed by atoms with van der Waals surface area (Å²) < 4.78 is 0. The Hall–Kier alpha value is -1.06. The van der Waals surface area contributed by atoms with Crippen LogP contribution in [0.15, 0.2) is 24.3 Å². The molecule has 1 aliphatic carbocycles. The van der Waals surface area contributed by atoms with Crippen molar-refractivity contribution in [2.45, 2.75) is 57.7 Å². The van der Waals surface area contributed by atoms with E-state index in [0.717, 1.165) is 19.4 Å². The number of rotatable bonds is 4. The van der Waals surface area contributed by atoms with E-state index >= 15 is 0 Å². The Kier molecular flexibility index (Phi) is 4.83. The van der Waals surface area contributed by atoms with E-state index < -0.39 is 0 Å². The average Bonchev–Trinajstić information content (AvgIpc) is 2.41. The zero-order valence-electron chi connectivity index (χ0n) is 12.0. The van der Waals surface area contributed by atoms with Crippen molar-refractivity contribution in [3.05, 3.63) is 29.8 Å². The number of hydrogen-bond donors (Lipinski definition) is 2. The summed E-state index contributed by atoms with van der Waals surface area (Å²) in [6.07, 6.45) is 4.65. The van der Waals surface area contributed by atoms with Gasteiger partial charge in [0.2, 0.25) is 0 Å². The van der Waals surface area contributed by atoms with Crippen molar-refractivity contribution >= 4 is 0 Å². The van der Waals surface area contributed by atoms with Gasteiger partial charge in [0.05, 0.1) is 0 Å². The largest absolute Gasteiger partial charge is 0.508 e. The van der Waals surface area contributed by atoms with Gasteiger partial charge in [-0.05, 0) is 56.8 Å². The lowest BCUT2D eigenvalue weighted by atomic mass is 9.89. The molecular formula is C16H26N2O. The lowest BCUT2D eigenvalue weighted by Crippen LogP contribution is -2.42. The third-order valence-electron chi connectivity index (χ3n) is 4.43. The fourth-order valence-electron chi connectivity index (χ4n) is 3.26. The zero-order chi connectivity index (χ0) is 13.8. The molecule has 1 aliphatic rings. The van der Waals surface area contributed by atoms with Crippen molar-refractivity contribution in [2.75, 3.05) is 6.54 Å². The van der Waals surface area contributed by atoms with Crippen molar-refractivity contribution in [1.82, 2.24) is 4.90 Å². The standard InChI is InChI=1S/C16H26N2O/c1-3-18(15-9-7-14(17)8-10-15)12(2)13-5-4-6-16(19)11-13/h4-6,11-12,14-15,19H,3,7-10,17H2,1-2H3. The Balaban J connectivity index is 2.08. The molecule has 19 heavy (non-hydrogen) atoms. The number of aromatic hydroxyl groups is 1. The van der Waals surface area contributed by atoms with Crippen LogP contribution in [0.5, 0.6) is 5.75 Å². The van der Waals surface area contributed by atoms with Crippen LogP contribution < -0.4 is 5.73 Å². The van der Waals surface area contributed by atoms with Crippen molar-refractivity contribution in [1.29, 1.82) is 0 Å². The molecule has 0 amide bonds. The molecule has 1 unspecified atom stereocenters. The maximum Gasteiger partial charge on any atom is 0.115 e. The first kappa shape index (κ1) is 14.4. The Morgan fingerprint density at radius 3 is 2.58 bits per heavy atom. The van der Waals surface area contributed by atoms with Gasteiger partial charge in [-0.2, -0.15) is 0 Å². The first-order valence-corrected chi connectivity index (χ1v) is 7.42. The molecule has 2 rings (SSSR count). The minimum Gasteiger partial charge on any atom is -0.508 e. The average molecular weight is 262 g/mol. The summed E-state index contributed by atoms with van der Waals surface area (Å²) in [5.74, 6) is 0.353. The fraction of sp³-hybridized carbons (Fsp3) is 0.625. The fourth-order valence-corrected chi connectivity index (χ4v) is 3.26. The molecule has 0 radical (unpaired) electrons. The van der Waals surface area contributed by atoms with Crippen LogP contribution in [0.2, 0.25) is 0 Å². The first-order chi connectivity index (χ1) is 9.11. The van der Waals surface area contributed by atoms with E-state index in [0.29, 0.717) is 23.9 Å². The maximum atomic E-state index is 9.63. The first-order valence-electron chi connectivity index (χ1n) is 7.42. The predicted molar refractivity (Wildman–Crippen MR) is 79.1 cm³/mol. The van der Waals surface area contributed by atoms with E-state index in [1.807, 2.05) is 12.1 Å². The van der Waals surface area contributed by atoms with E-state index in [1.165, 1.54) is 18.4 Å². The molecule has 1 fully saturated rings. The number of benzene rings is 1. The van der Waals surface area contributed by atoms with E-state index in [-0.39, 0.29) is 0 Å². The van der Waals surface area contributed by atoms with Crippen LogP contribution in [-0.4, -0.2) is 28.6 Å². The van der Waals surface area contributed by atoms with Gasteiger partial charge in [0, 0.05) is 18.1 Å². The summed E-state index contributed by atoms with van der Waals surface area (Å²) in [5.41, 5.74) is 7.19. The number of nitrogens with zero attached hydrogens (tertiary/aromatic N) is 1. The van der Waals surface area contributed by atoms with Gasteiger partial charge in [0.25, 0.3) is 0 Å². The Morgan fingerprint density at radius 2 is 2.00 bits per heavy atom. The van der Waals surface area contributed by atoms with Crippen LogP contribution in [-0.2, 0) is 0 Å². The quantitative estimate of drug-likeness (QED) is 0.877. The van der Waals surface area contributed by atoms with Gasteiger partial charge in [-0.15, -0.1) is 0 Å². The summed E-state index contributed by atoms with van der Waals surface area (Å²) in [6.45, 7) is 5.48. The van der Waals surface area contributed by atoms with Crippen molar-refractivity contribution in [2.24, 2.45) is 5.73 Å². The second-order valence-electron chi connectivity index (χ2n) is 5.67. The summed E-state index contributed by atoms with van der Waals surface area (Å²) in [5, 5.41) is 9.63. The maximum absolute atomic E-state index is 9.63. The molecule has 0 saturated heterocycles. The number of nitrogens with two attached hydrogens (primary N) is 1. The van der Waals surface area contributed by atoms with Gasteiger partial charge in [0.15, 0.2) is 0 Å². The molecule has 0 spiro atoms. The van der Waals surface area contributed by atoms with Gasteiger partial charge in [0.1, 0.15) is 5.75 Å². The van der Waals surface area contributed by atoms with Crippen molar-refractivity contribution in [3.8, 4) is 5.75 Å². The number of phenols is 1. The minimum atomic E-state index is 0.344. The highest BCUT2D eigenvalue weighted by molar-refractivity contribution is 5.29. The molecular weight excluding hydrogens is 236 g/mol. The van der Waals surface area contributed by atoms with Crippen molar-refractivity contribution < 1.29 is 5.11 Å². The SMILES string of the molecule is CCN(C1CCC(N)CC1)C(C)c1cccc(O)c1. The molecule has 0 heterocycles. The Bertz CT molecular complexity index is 399. The molecule has 0 bridgehead atoms. The molecule has 106 valence electrons. The van der Waals surface area contributed by atoms with Crippen LogP contribution in [0.1, 0.15) is 51.1 Å². The lowest BCUT2D eigenvalue weighted by molar-refractivity contribution is 0.114. The van der Waals surface area contributed by atoms with Crippen molar-refractivity contribution in [3.63, 3.8) is 0 Å². The van der Waals surface area contributed by atoms with Crippen LogP contribution in [0.3, 0.4) is 0 Å². The van der Waals surface area contributed by atoms with Gasteiger partial charge in [-0.1, -0.05) is 19.1 Å². The molecule has 0 aromatic heterocycles. The monoisotopic (exact) mass is 262 g/mol. The molecule has 3 N–H and O–H groups in total. The van der Waals surface area contributed by atoms with E-state index in [9.17, 15) is 5.11 Å². The van der Waals surface area contributed by atoms with Gasteiger partial charge in [-0.25, -0.2) is 0 Å². The topological polar surface area (TPSA) is 49.5 Å². The van der Waals surface area contributed by atoms with E-state index in [2.05, 4.69) is 24.8 Å². The van der Waals surface area contributed by atoms with Crippen LogP contribution in [0.25, 0.3) is 0 Å². The summed E-state index contributed by atoms with van der Waals surface area (Å²) in [6, 6.07) is 8.99. The van der Waals surface area contributed by atoms with Crippen LogP contribution in [0, 0.1) is 0 Å². The van der Waals surface area contributed by atoms with Gasteiger partial charge in [-0.3, -0.25) is 4.90 Å². The lowest BCUT2D eigenvalue weighted by Gasteiger charge is -2.39. The third kappa shape index (κ3) is 3.48. The second-order valence-corrected chi connectivity index (χ2v) is 5.67. The smallest absolute Gasteiger partial charge is 0.115 e. The highest BCUT2D eigenvalue weighted by Gasteiger charge is 2.27. The Morgan fingerprint density at radius 1 is 1.32 bits per heavy atom. The second kappa shape index (κ2) is 6.40. The Labute approximate surface area is 116 Å². The summed E-state index contributed by atoms with van der Waals surface area (Å²) in [4.78, 5) is 2.54.